The van der Waals surface area contributed by atoms with Crippen LogP contribution in [0.2, 0.25) is 0 Å². The monoisotopic (exact) mass is 510 g/mol. The van der Waals surface area contributed by atoms with E-state index in [1.54, 1.807) is 4.90 Å². The number of hydrogen-bond donors (Lipinski definition) is 1. The molecule has 1 unspecified atom stereocenters. The molecular weight excluding hydrogens is 472 g/mol. The minimum absolute atomic E-state index is 0.0562. The molecule has 196 valence electrons. The zero-order valence-electron chi connectivity index (χ0n) is 21.1. The molecule has 3 heterocycles. The van der Waals surface area contributed by atoms with E-state index in [1.807, 2.05) is 32.9 Å². The van der Waals surface area contributed by atoms with Crippen molar-refractivity contribution in [1.82, 2.24) is 9.62 Å². The third-order valence-electron chi connectivity index (χ3n) is 7.01. The van der Waals surface area contributed by atoms with E-state index in [-0.39, 0.29) is 38.1 Å². The Balaban J connectivity index is 1.56. The number of nitrogens with zero attached hydrogens (tertiary/aromatic N) is 1. The van der Waals surface area contributed by atoms with Crippen LogP contribution in [0.5, 0.6) is 11.5 Å². The Morgan fingerprint density at radius 2 is 1.83 bits per heavy atom. The van der Waals surface area contributed by atoms with Crippen molar-refractivity contribution < 1.29 is 32.2 Å². The van der Waals surface area contributed by atoms with Gasteiger partial charge in [-0.2, -0.15) is 0 Å². The quantitative estimate of drug-likeness (QED) is 0.662. The van der Waals surface area contributed by atoms with Crippen molar-refractivity contribution in [3.63, 3.8) is 0 Å². The van der Waals surface area contributed by atoms with E-state index in [2.05, 4.69) is 10.8 Å². The van der Waals surface area contributed by atoms with Gasteiger partial charge < -0.3 is 18.9 Å². The lowest BCUT2D eigenvalue weighted by molar-refractivity contribution is -0.0116. The van der Waals surface area contributed by atoms with Crippen LogP contribution < -0.4 is 14.2 Å². The van der Waals surface area contributed by atoms with Crippen LogP contribution in [0.4, 0.5) is 4.79 Å². The molecule has 4 bridgehead atoms. The molecule has 1 aromatic rings. The Morgan fingerprint density at radius 1 is 1.11 bits per heavy atom. The summed E-state index contributed by atoms with van der Waals surface area (Å²) in [5.41, 5.74) is 1.15. The molecule has 35 heavy (non-hydrogen) atoms. The lowest BCUT2D eigenvalue weighted by Crippen LogP contribution is -2.50. The van der Waals surface area contributed by atoms with Crippen molar-refractivity contribution in [2.24, 2.45) is 0 Å². The van der Waals surface area contributed by atoms with Gasteiger partial charge >= 0.3 is 6.09 Å². The van der Waals surface area contributed by atoms with E-state index in [0.29, 0.717) is 12.3 Å². The van der Waals surface area contributed by atoms with Gasteiger partial charge in [0.1, 0.15) is 24.7 Å². The first kappa shape index (κ1) is 26.0. The molecule has 10 heteroatoms. The van der Waals surface area contributed by atoms with E-state index in [1.165, 1.54) is 0 Å². The summed E-state index contributed by atoms with van der Waals surface area (Å²) in [5, 5.41) is 0. The second-order valence-electron chi connectivity index (χ2n) is 10.2. The normalized spacial score (nSPS) is 30.0. The molecule has 1 saturated carbocycles. The maximum absolute atomic E-state index is 13.0. The van der Waals surface area contributed by atoms with E-state index in [4.69, 9.17) is 18.9 Å². The van der Waals surface area contributed by atoms with Gasteiger partial charge in [0.05, 0.1) is 31.1 Å². The molecular formula is C25H38N2O7S. The number of carbonyl (C=O) groups excluding carboxylic acids is 1. The summed E-state index contributed by atoms with van der Waals surface area (Å²) in [5.74, 6) is 1.96. The van der Waals surface area contributed by atoms with Gasteiger partial charge in [0.15, 0.2) is 0 Å². The van der Waals surface area contributed by atoms with Crippen molar-refractivity contribution in [1.29, 1.82) is 0 Å². The molecule has 1 aliphatic carbocycles. The molecule has 4 aliphatic rings. The van der Waals surface area contributed by atoms with Gasteiger partial charge in [-0.05, 0) is 77.0 Å². The van der Waals surface area contributed by atoms with Crippen molar-refractivity contribution in [2.75, 3.05) is 26.1 Å². The van der Waals surface area contributed by atoms with E-state index < -0.39 is 28.2 Å². The fourth-order valence-corrected chi connectivity index (χ4v) is 6.31. The minimum Gasteiger partial charge on any atom is -0.491 e. The average molecular weight is 511 g/mol. The van der Waals surface area contributed by atoms with Crippen molar-refractivity contribution in [3.8, 4) is 11.5 Å². The fourth-order valence-electron chi connectivity index (χ4n) is 5.51. The molecule has 3 aliphatic heterocycles. The summed E-state index contributed by atoms with van der Waals surface area (Å²) in [4.78, 5) is 14.6. The third-order valence-corrected chi connectivity index (χ3v) is 7.74. The van der Waals surface area contributed by atoms with Crippen molar-refractivity contribution in [2.45, 2.75) is 89.1 Å². The van der Waals surface area contributed by atoms with Crippen LogP contribution in [0.15, 0.2) is 18.2 Å². The molecule has 1 N–H and O–H groups in total. The Hall–Kier alpha value is -2.04. The number of amides is 1. The first-order valence-corrected chi connectivity index (χ1v) is 14.5. The van der Waals surface area contributed by atoms with E-state index >= 15 is 0 Å². The number of rotatable bonds is 4. The van der Waals surface area contributed by atoms with Crippen LogP contribution in [-0.2, 0) is 19.5 Å². The maximum atomic E-state index is 13.0. The van der Waals surface area contributed by atoms with Gasteiger partial charge in [-0.3, -0.25) is 4.90 Å². The van der Waals surface area contributed by atoms with Crippen LogP contribution in [0, 0.1) is 0 Å². The van der Waals surface area contributed by atoms with Gasteiger partial charge in [-0.1, -0.05) is 0 Å². The first-order valence-electron chi connectivity index (χ1n) is 12.6. The Labute approximate surface area is 208 Å². The van der Waals surface area contributed by atoms with Crippen LogP contribution in [0.1, 0.15) is 64.4 Å². The van der Waals surface area contributed by atoms with Crippen LogP contribution in [-0.4, -0.2) is 75.8 Å². The summed E-state index contributed by atoms with van der Waals surface area (Å²) >= 11 is 0. The molecule has 5 rings (SSSR count). The predicted molar refractivity (Wildman–Crippen MR) is 131 cm³/mol. The molecule has 0 radical (unpaired) electrons. The number of sulfonamides is 1. The van der Waals surface area contributed by atoms with Gasteiger partial charge in [0.25, 0.3) is 0 Å². The molecule has 1 amide bonds. The summed E-state index contributed by atoms with van der Waals surface area (Å²) in [6.07, 6.45) is 4.97. The average Bonchev–Trinajstić information content (AvgIpc) is 3.08. The molecule has 9 nitrogen and oxygen atoms in total. The lowest BCUT2D eigenvalue weighted by Gasteiger charge is -2.34. The fraction of sp³-hybridized carbons (Fsp3) is 0.720. The zero-order chi connectivity index (χ0) is 25.2. The molecule has 0 spiro atoms. The van der Waals surface area contributed by atoms with E-state index in [0.717, 1.165) is 49.0 Å². The Kier molecular flexibility index (Phi) is 8.12. The number of nitrogens with one attached hydrogen (secondary N) is 1. The largest absolute Gasteiger partial charge is 0.491 e. The lowest BCUT2D eigenvalue weighted by atomic mass is 9.82. The number of carbonyl (C=O) groups is 1. The Bertz CT molecular complexity index is 992. The SMILES string of the molecule is CC(C)Oc1ccc2cc1C1CCC(CC1)OCC1[C@@H](NS(C)(=O)=O)C[C@@H](C)N1C(=O)OCCO2. The second-order valence-corrected chi connectivity index (χ2v) is 12.0. The summed E-state index contributed by atoms with van der Waals surface area (Å²) in [6.45, 7) is 6.51. The Morgan fingerprint density at radius 3 is 2.51 bits per heavy atom. The number of fused-ring (bicyclic) bond motifs is 7. The van der Waals surface area contributed by atoms with Gasteiger partial charge in [0.2, 0.25) is 10.0 Å². The molecule has 0 aromatic heterocycles. The van der Waals surface area contributed by atoms with Gasteiger partial charge in [-0.25, -0.2) is 17.9 Å². The molecule has 1 saturated heterocycles. The van der Waals surface area contributed by atoms with Crippen molar-refractivity contribution in [3.05, 3.63) is 23.8 Å². The highest BCUT2D eigenvalue weighted by molar-refractivity contribution is 7.88. The summed E-state index contributed by atoms with van der Waals surface area (Å²) in [6, 6.07) is 4.88. The number of benzene rings is 1. The van der Waals surface area contributed by atoms with Crippen LogP contribution >= 0.6 is 0 Å². The third kappa shape index (κ3) is 6.59. The number of ether oxygens (including phenoxy) is 4. The van der Waals surface area contributed by atoms with Crippen LogP contribution in [0.3, 0.4) is 0 Å². The first-order chi connectivity index (χ1) is 16.6. The molecule has 3 atom stereocenters. The van der Waals surface area contributed by atoms with Gasteiger partial charge in [-0.15, -0.1) is 0 Å². The number of hydrogen-bond acceptors (Lipinski definition) is 7. The predicted octanol–water partition coefficient (Wildman–Crippen LogP) is 3.43. The highest BCUT2D eigenvalue weighted by Crippen LogP contribution is 2.41. The van der Waals surface area contributed by atoms with E-state index in [9.17, 15) is 13.2 Å². The highest BCUT2D eigenvalue weighted by atomic mass is 32.2. The summed E-state index contributed by atoms with van der Waals surface area (Å²) < 4.78 is 50.5. The molecule has 1 aromatic carbocycles. The van der Waals surface area contributed by atoms with Crippen molar-refractivity contribution >= 4 is 16.1 Å². The van der Waals surface area contributed by atoms with Gasteiger partial charge in [0, 0.05) is 17.6 Å². The smallest absolute Gasteiger partial charge is 0.410 e. The van der Waals surface area contributed by atoms with Crippen LogP contribution in [0.25, 0.3) is 0 Å². The summed E-state index contributed by atoms with van der Waals surface area (Å²) in [7, 11) is -3.44. The topological polar surface area (TPSA) is 103 Å². The zero-order valence-corrected chi connectivity index (χ0v) is 21.9. The minimum atomic E-state index is -3.44. The standard InChI is InChI=1S/C25H38N2O7S/c1-16(2)34-24-10-9-20-14-21(24)18-5-7-19(8-6-18)33-15-23-22(26-35(4,29)30)13-17(3)27(23)25(28)32-12-11-31-20/h9-10,14,16-19,22-23,26H,5-8,11-13,15H2,1-4H3/t17-,18?,19?,22+,23?/m1/s1. The molecule has 2 fully saturated rings. The second kappa shape index (κ2) is 10.9. The highest BCUT2D eigenvalue weighted by Gasteiger charge is 2.44. The maximum Gasteiger partial charge on any atom is 0.410 e.